The molecule has 0 radical (unpaired) electrons. The van der Waals surface area contributed by atoms with Crippen molar-refractivity contribution in [1.29, 1.82) is 0 Å². The lowest BCUT2D eigenvalue weighted by atomic mass is 9.83. The Balaban J connectivity index is 1.39. The molecule has 0 spiro atoms. The zero-order valence-corrected chi connectivity index (χ0v) is 18.1. The molecule has 6 heteroatoms. The van der Waals surface area contributed by atoms with E-state index in [0.29, 0.717) is 10.4 Å². The molecule has 2 aromatic heterocycles. The Morgan fingerprint density at radius 2 is 2.03 bits per heavy atom. The summed E-state index contributed by atoms with van der Waals surface area (Å²) >= 11 is 0. The van der Waals surface area contributed by atoms with E-state index >= 15 is 0 Å². The van der Waals surface area contributed by atoms with Crippen molar-refractivity contribution in [3.05, 3.63) is 71.8 Å². The maximum absolute atomic E-state index is 13.9. The minimum absolute atomic E-state index is 0.0223. The first-order chi connectivity index (χ1) is 15.1. The Kier molecular flexibility index (Phi) is 4.40. The quantitative estimate of drug-likeness (QED) is 0.653. The molecule has 3 atom stereocenters. The number of imidazole rings is 1. The second kappa shape index (κ2) is 7.18. The number of aromatic nitrogens is 2. The molecule has 1 N–H and O–H groups in total. The second-order valence-corrected chi connectivity index (χ2v) is 9.72. The van der Waals surface area contributed by atoms with Crippen LogP contribution in [0.4, 0.5) is 4.79 Å². The fraction of sp³-hybridized carbons (Fsp3) is 0.440. The third kappa shape index (κ3) is 3.08. The molecule has 6 nitrogen and oxygen atoms in total. The van der Waals surface area contributed by atoms with Gasteiger partial charge in [0.2, 0.25) is 0 Å². The third-order valence-corrected chi connectivity index (χ3v) is 7.95. The van der Waals surface area contributed by atoms with Gasteiger partial charge in [0.25, 0.3) is 0 Å². The monoisotopic (exact) mass is 416 g/mol. The van der Waals surface area contributed by atoms with Crippen LogP contribution in [0.15, 0.2) is 55.1 Å². The number of quaternary nitrogens is 1. The highest BCUT2D eigenvalue weighted by Gasteiger charge is 2.48. The highest BCUT2D eigenvalue weighted by atomic mass is 16.2. The van der Waals surface area contributed by atoms with E-state index < -0.39 is 0 Å². The summed E-state index contributed by atoms with van der Waals surface area (Å²) in [5, 5.41) is 3.50. The normalized spacial score (nSPS) is 32.0. The van der Waals surface area contributed by atoms with Gasteiger partial charge in [-0.05, 0) is 49.5 Å². The van der Waals surface area contributed by atoms with Crippen LogP contribution < -0.4 is 5.32 Å². The predicted octanol–water partition coefficient (Wildman–Crippen LogP) is 3.23. The summed E-state index contributed by atoms with van der Waals surface area (Å²) in [7, 11) is 2.12. The van der Waals surface area contributed by atoms with E-state index in [1.165, 1.54) is 42.6 Å². The highest BCUT2D eigenvalue weighted by Crippen LogP contribution is 2.40. The number of carbonyl (C=O) groups excluding carboxylic acids is 1. The van der Waals surface area contributed by atoms with Gasteiger partial charge in [-0.25, -0.2) is 14.3 Å². The average Bonchev–Trinajstić information content (AvgIpc) is 3.28. The van der Waals surface area contributed by atoms with Gasteiger partial charge in [0, 0.05) is 36.3 Å². The van der Waals surface area contributed by atoms with E-state index in [4.69, 9.17) is 0 Å². The number of carbonyl (C=O) groups is 1. The Hall–Kier alpha value is -2.70. The molecule has 3 aromatic rings. The number of nitrogens with one attached hydrogen (secondary N) is 1. The van der Waals surface area contributed by atoms with Crippen molar-refractivity contribution in [2.75, 3.05) is 33.2 Å². The van der Waals surface area contributed by atoms with Crippen LogP contribution in [0.3, 0.4) is 0 Å². The fourth-order valence-electron chi connectivity index (χ4n) is 6.09. The SMILES string of the molecule is C[N+]1(C(=O)N[C@@H]2CN3CCC2CC3)CCc2ccccc2[C@H]1c1ccn2cncc2c1. The van der Waals surface area contributed by atoms with Crippen LogP contribution in [0, 0.1) is 5.92 Å². The molecule has 1 unspecified atom stereocenters. The van der Waals surface area contributed by atoms with Gasteiger partial charge in [-0.2, -0.15) is 0 Å². The Morgan fingerprint density at radius 3 is 2.84 bits per heavy atom. The topological polar surface area (TPSA) is 49.6 Å². The van der Waals surface area contributed by atoms with Crippen molar-refractivity contribution in [2.24, 2.45) is 5.92 Å². The number of hydrogen-bond donors (Lipinski definition) is 1. The molecule has 6 heterocycles. The van der Waals surface area contributed by atoms with E-state index in [1.807, 2.05) is 16.9 Å². The van der Waals surface area contributed by atoms with Gasteiger partial charge in [0.1, 0.15) is 6.04 Å². The molecule has 4 aliphatic heterocycles. The molecule has 1 aromatic carbocycles. The maximum Gasteiger partial charge on any atom is 0.417 e. The first-order valence-corrected chi connectivity index (χ1v) is 11.5. The molecular weight excluding hydrogens is 386 g/mol. The molecule has 0 saturated carbocycles. The van der Waals surface area contributed by atoms with Gasteiger partial charge >= 0.3 is 6.03 Å². The van der Waals surface area contributed by atoms with Gasteiger partial charge in [0.15, 0.2) is 0 Å². The van der Waals surface area contributed by atoms with Crippen LogP contribution in [0.25, 0.3) is 5.52 Å². The summed E-state index contributed by atoms with van der Waals surface area (Å²) in [5.41, 5.74) is 4.85. The molecule has 2 amide bonds. The first-order valence-electron chi connectivity index (χ1n) is 11.5. The van der Waals surface area contributed by atoms with Gasteiger partial charge in [-0.1, -0.05) is 24.3 Å². The zero-order valence-electron chi connectivity index (χ0n) is 18.1. The summed E-state index contributed by atoms with van der Waals surface area (Å²) in [6.45, 7) is 4.17. The van der Waals surface area contributed by atoms with Crippen molar-refractivity contribution in [3.8, 4) is 0 Å². The molecule has 7 rings (SSSR count). The third-order valence-electron chi connectivity index (χ3n) is 7.95. The molecule has 3 saturated heterocycles. The smallest absolute Gasteiger partial charge is 0.306 e. The van der Waals surface area contributed by atoms with Crippen molar-refractivity contribution in [3.63, 3.8) is 0 Å². The van der Waals surface area contributed by atoms with E-state index in [2.05, 4.69) is 64.8 Å². The molecule has 31 heavy (non-hydrogen) atoms. The van der Waals surface area contributed by atoms with E-state index in [-0.39, 0.29) is 18.1 Å². The number of urea groups is 1. The number of piperidine rings is 3. The molecule has 0 aliphatic carbocycles. The number of likely N-dealkylation sites (N-methyl/N-ethyl adjacent to an activating group) is 1. The van der Waals surface area contributed by atoms with Gasteiger partial charge < -0.3 is 14.6 Å². The predicted molar refractivity (Wildman–Crippen MR) is 120 cm³/mol. The molecule has 2 bridgehead atoms. The molecule has 3 fully saturated rings. The number of nitrogens with zero attached hydrogens (tertiary/aromatic N) is 4. The zero-order chi connectivity index (χ0) is 21.0. The summed E-state index contributed by atoms with van der Waals surface area (Å²) in [6.07, 6.45) is 9.10. The van der Waals surface area contributed by atoms with E-state index in [1.54, 1.807) is 0 Å². The largest absolute Gasteiger partial charge is 0.417 e. The van der Waals surface area contributed by atoms with Gasteiger partial charge in [-0.15, -0.1) is 0 Å². The second-order valence-electron chi connectivity index (χ2n) is 9.72. The van der Waals surface area contributed by atoms with Crippen LogP contribution in [-0.4, -0.2) is 64.1 Å². The minimum Gasteiger partial charge on any atom is -0.306 e. The Morgan fingerprint density at radius 1 is 1.19 bits per heavy atom. The average molecular weight is 417 g/mol. The van der Waals surface area contributed by atoms with Crippen LogP contribution in [0.1, 0.15) is 35.6 Å². The minimum atomic E-state index is -0.0223. The van der Waals surface area contributed by atoms with Crippen molar-refractivity contribution in [1.82, 2.24) is 19.6 Å². The molecular formula is C25H30N5O+. The lowest BCUT2D eigenvalue weighted by Gasteiger charge is -2.47. The van der Waals surface area contributed by atoms with Crippen molar-refractivity contribution < 1.29 is 9.28 Å². The fourth-order valence-corrected chi connectivity index (χ4v) is 6.09. The van der Waals surface area contributed by atoms with Crippen molar-refractivity contribution >= 4 is 11.5 Å². The van der Waals surface area contributed by atoms with Gasteiger partial charge in [-0.3, -0.25) is 0 Å². The van der Waals surface area contributed by atoms with Crippen LogP contribution in [0.2, 0.25) is 0 Å². The Bertz CT molecular complexity index is 1130. The van der Waals surface area contributed by atoms with Gasteiger partial charge in [0.05, 0.1) is 31.6 Å². The highest BCUT2D eigenvalue weighted by molar-refractivity contribution is 5.69. The summed E-state index contributed by atoms with van der Waals surface area (Å²) < 4.78 is 2.39. The summed E-state index contributed by atoms with van der Waals surface area (Å²) in [6, 6.07) is 13.4. The van der Waals surface area contributed by atoms with Crippen LogP contribution >= 0.6 is 0 Å². The number of hydrogen-bond acceptors (Lipinski definition) is 3. The standard InChI is InChI=1S/C25H29N5O/c1-30(25(31)27-23-16-28-10-6-19(23)7-11-28)13-9-18-4-2-3-5-22(18)24(30)20-8-12-29-17-26-15-21(29)14-20/h2-5,8,12,14-15,17,19,23-24H,6-7,9-11,13,16H2,1H3/p+1/t23-,24-,30?/m1/s1. The lowest BCUT2D eigenvalue weighted by Crippen LogP contribution is -2.65. The number of amides is 2. The van der Waals surface area contributed by atoms with E-state index in [0.717, 1.165) is 25.0 Å². The van der Waals surface area contributed by atoms with E-state index in [9.17, 15) is 4.79 Å². The van der Waals surface area contributed by atoms with Crippen LogP contribution in [0.5, 0.6) is 0 Å². The maximum atomic E-state index is 13.9. The molecule has 160 valence electrons. The molecule has 4 aliphatic rings. The van der Waals surface area contributed by atoms with Crippen LogP contribution in [-0.2, 0) is 6.42 Å². The van der Waals surface area contributed by atoms with Crippen molar-refractivity contribution in [2.45, 2.75) is 31.3 Å². The lowest BCUT2D eigenvalue weighted by molar-refractivity contribution is -0.859. The Labute approximate surface area is 183 Å². The number of fused-ring (bicyclic) bond motifs is 5. The number of benzene rings is 1. The summed E-state index contributed by atoms with van der Waals surface area (Å²) in [4.78, 5) is 20.7. The first kappa shape index (κ1) is 19.0. The summed E-state index contributed by atoms with van der Waals surface area (Å²) in [5.74, 6) is 0.624. The number of rotatable bonds is 2. The number of pyridine rings is 1.